The fraction of sp³-hybridized carbons (Fsp3) is 0.0769. The van der Waals surface area contributed by atoms with Gasteiger partial charge in [0.05, 0.1) is 23.4 Å². The van der Waals surface area contributed by atoms with Gasteiger partial charge in [0.2, 0.25) is 0 Å². The van der Waals surface area contributed by atoms with E-state index in [4.69, 9.17) is 0 Å². The molecule has 1 aromatic heterocycles. The molecule has 94 valence electrons. The number of amides is 2. The van der Waals surface area contributed by atoms with Crippen LogP contribution in [0.5, 0.6) is 0 Å². The number of benzene rings is 1. The highest BCUT2D eigenvalue weighted by molar-refractivity contribution is 6.21. The second-order valence-electron chi connectivity index (χ2n) is 4.10. The Morgan fingerprint density at radius 3 is 2.74 bits per heavy atom. The molecule has 0 aliphatic carbocycles. The fourth-order valence-corrected chi connectivity index (χ4v) is 1.89. The summed E-state index contributed by atoms with van der Waals surface area (Å²) in [7, 11) is 0. The molecule has 0 saturated heterocycles. The maximum Gasteiger partial charge on any atom is 0.259 e. The van der Waals surface area contributed by atoms with Crippen molar-refractivity contribution in [2.45, 2.75) is 6.54 Å². The number of carbonyl (C=O) groups excluding carboxylic acids is 2. The SMILES string of the molecule is O=C1NC(=O)c2cc(NCc3ccncn3)ccc21. The lowest BCUT2D eigenvalue weighted by Gasteiger charge is -2.06. The van der Waals surface area contributed by atoms with Gasteiger partial charge in [-0.25, -0.2) is 9.97 Å². The third kappa shape index (κ3) is 2.15. The normalized spacial score (nSPS) is 13.1. The first-order valence-corrected chi connectivity index (χ1v) is 5.72. The summed E-state index contributed by atoms with van der Waals surface area (Å²) in [6, 6.07) is 6.86. The molecule has 2 N–H and O–H groups in total. The molecule has 2 aromatic rings. The van der Waals surface area contributed by atoms with Gasteiger partial charge in [-0.1, -0.05) is 0 Å². The number of rotatable bonds is 3. The molecule has 2 amide bonds. The van der Waals surface area contributed by atoms with Crippen LogP contribution in [-0.2, 0) is 6.54 Å². The van der Waals surface area contributed by atoms with E-state index in [1.54, 1.807) is 30.5 Å². The number of nitrogens with one attached hydrogen (secondary N) is 2. The van der Waals surface area contributed by atoms with Gasteiger partial charge in [-0.2, -0.15) is 0 Å². The summed E-state index contributed by atoms with van der Waals surface area (Å²) in [4.78, 5) is 30.8. The Morgan fingerprint density at radius 2 is 1.95 bits per heavy atom. The molecule has 0 bridgehead atoms. The number of nitrogens with zero attached hydrogens (tertiary/aromatic N) is 2. The lowest BCUT2D eigenvalue weighted by molar-refractivity contribution is 0.0879. The molecule has 0 saturated carbocycles. The molecule has 0 unspecified atom stereocenters. The van der Waals surface area contributed by atoms with Gasteiger partial charge in [-0.15, -0.1) is 0 Å². The maximum absolute atomic E-state index is 11.5. The Bertz CT molecular complexity index is 655. The van der Waals surface area contributed by atoms with Gasteiger partial charge in [0.1, 0.15) is 6.33 Å². The van der Waals surface area contributed by atoms with Crippen LogP contribution in [0.3, 0.4) is 0 Å². The molecule has 19 heavy (non-hydrogen) atoms. The molecule has 0 radical (unpaired) electrons. The minimum Gasteiger partial charge on any atom is -0.379 e. The average Bonchev–Trinajstić information content (AvgIpc) is 2.73. The van der Waals surface area contributed by atoms with Crippen LogP contribution in [0.2, 0.25) is 0 Å². The number of anilines is 1. The van der Waals surface area contributed by atoms with Crippen LogP contribution in [0.1, 0.15) is 26.4 Å². The Hall–Kier alpha value is -2.76. The quantitative estimate of drug-likeness (QED) is 0.797. The van der Waals surface area contributed by atoms with E-state index in [0.717, 1.165) is 11.4 Å². The van der Waals surface area contributed by atoms with Crippen LogP contribution in [0.4, 0.5) is 5.69 Å². The average molecular weight is 254 g/mol. The van der Waals surface area contributed by atoms with Gasteiger partial charge in [-0.3, -0.25) is 14.9 Å². The van der Waals surface area contributed by atoms with Crippen molar-refractivity contribution in [2.75, 3.05) is 5.32 Å². The Morgan fingerprint density at radius 1 is 1.11 bits per heavy atom. The van der Waals surface area contributed by atoms with Crippen molar-refractivity contribution in [3.05, 3.63) is 53.6 Å². The highest BCUT2D eigenvalue weighted by Crippen LogP contribution is 2.20. The first-order chi connectivity index (χ1) is 9.24. The lowest BCUT2D eigenvalue weighted by Crippen LogP contribution is -2.19. The largest absolute Gasteiger partial charge is 0.379 e. The summed E-state index contributed by atoms with van der Waals surface area (Å²) >= 11 is 0. The molecule has 1 aromatic carbocycles. The van der Waals surface area contributed by atoms with Crippen molar-refractivity contribution >= 4 is 17.5 Å². The van der Waals surface area contributed by atoms with Crippen LogP contribution < -0.4 is 10.6 Å². The molecular weight excluding hydrogens is 244 g/mol. The molecule has 0 spiro atoms. The fourth-order valence-electron chi connectivity index (χ4n) is 1.89. The Kier molecular flexibility index (Phi) is 2.68. The zero-order chi connectivity index (χ0) is 13.2. The van der Waals surface area contributed by atoms with Gasteiger partial charge in [-0.05, 0) is 24.3 Å². The molecular formula is C13H10N4O2. The minimum absolute atomic E-state index is 0.345. The summed E-state index contributed by atoms with van der Waals surface area (Å²) in [5.41, 5.74) is 2.42. The van der Waals surface area contributed by atoms with Crippen molar-refractivity contribution in [1.29, 1.82) is 0 Å². The van der Waals surface area contributed by atoms with Crippen LogP contribution in [0.25, 0.3) is 0 Å². The van der Waals surface area contributed by atoms with Crippen LogP contribution in [0, 0.1) is 0 Å². The van der Waals surface area contributed by atoms with Gasteiger partial charge in [0, 0.05) is 11.9 Å². The highest BCUT2D eigenvalue weighted by atomic mass is 16.2. The van der Waals surface area contributed by atoms with Crippen molar-refractivity contribution in [3.8, 4) is 0 Å². The Labute approximate surface area is 108 Å². The summed E-state index contributed by atoms with van der Waals surface area (Å²) in [6.07, 6.45) is 3.14. The highest BCUT2D eigenvalue weighted by Gasteiger charge is 2.26. The summed E-state index contributed by atoms with van der Waals surface area (Å²) < 4.78 is 0. The third-order valence-corrected chi connectivity index (χ3v) is 2.85. The molecule has 2 heterocycles. The van der Waals surface area contributed by atoms with Gasteiger partial charge in [0.25, 0.3) is 11.8 Å². The van der Waals surface area contributed by atoms with Crippen molar-refractivity contribution < 1.29 is 9.59 Å². The smallest absolute Gasteiger partial charge is 0.259 e. The summed E-state index contributed by atoms with van der Waals surface area (Å²) in [5.74, 6) is -0.701. The number of hydrogen-bond donors (Lipinski definition) is 2. The van der Waals surface area contributed by atoms with E-state index in [2.05, 4.69) is 20.6 Å². The summed E-state index contributed by atoms with van der Waals surface area (Å²) in [6.45, 7) is 0.525. The second-order valence-corrected chi connectivity index (χ2v) is 4.10. The molecule has 0 atom stereocenters. The zero-order valence-electron chi connectivity index (χ0n) is 9.88. The van der Waals surface area contributed by atoms with E-state index in [-0.39, 0.29) is 11.8 Å². The number of fused-ring (bicyclic) bond motifs is 1. The van der Waals surface area contributed by atoms with E-state index in [9.17, 15) is 9.59 Å². The Balaban J connectivity index is 1.78. The first kappa shape index (κ1) is 11.3. The standard InChI is InChI=1S/C13H10N4O2/c18-12-10-2-1-8(5-11(10)13(19)17-12)15-6-9-3-4-14-7-16-9/h1-5,7,15H,6H2,(H,17,18,19). The number of aromatic nitrogens is 2. The van der Waals surface area contributed by atoms with Crippen LogP contribution in [0.15, 0.2) is 36.8 Å². The predicted octanol–water partition coefficient (Wildman–Crippen LogP) is 0.972. The van der Waals surface area contributed by atoms with Crippen molar-refractivity contribution in [3.63, 3.8) is 0 Å². The van der Waals surface area contributed by atoms with Crippen LogP contribution in [-0.4, -0.2) is 21.8 Å². The van der Waals surface area contributed by atoms with E-state index in [1.165, 1.54) is 6.33 Å². The maximum atomic E-state index is 11.5. The topological polar surface area (TPSA) is 84.0 Å². The summed E-state index contributed by atoms with van der Waals surface area (Å²) in [5, 5.41) is 5.40. The minimum atomic E-state index is -0.356. The monoisotopic (exact) mass is 254 g/mol. The molecule has 1 aliphatic heterocycles. The zero-order valence-corrected chi connectivity index (χ0v) is 9.88. The lowest BCUT2D eigenvalue weighted by atomic mass is 10.1. The third-order valence-electron chi connectivity index (χ3n) is 2.85. The number of imide groups is 1. The molecule has 3 rings (SSSR count). The molecule has 1 aliphatic rings. The van der Waals surface area contributed by atoms with E-state index in [0.29, 0.717) is 17.7 Å². The molecule has 6 heteroatoms. The number of hydrogen-bond acceptors (Lipinski definition) is 5. The molecule has 6 nitrogen and oxygen atoms in total. The van der Waals surface area contributed by atoms with E-state index < -0.39 is 0 Å². The van der Waals surface area contributed by atoms with E-state index in [1.807, 2.05) is 0 Å². The number of carbonyl (C=O) groups is 2. The second kappa shape index (κ2) is 4.49. The van der Waals surface area contributed by atoms with Crippen LogP contribution >= 0.6 is 0 Å². The first-order valence-electron chi connectivity index (χ1n) is 5.72. The molecule has 0 fully saturated rings. The van der Waals surface area contributed by atoms with Crippen molar-refractivity contribution in [2.24, 2.45) is 0 Å². The van der Waals surface area contributed by atoms with E-state index >= 15 is 0 Å². The predicted molar refractivity (Wildman–Crippen MR) is 67.6 cm³/mol. The van der Waals surface area contributed by atoms with Gasteiger partial charge in [0.15, 0.2) is 0 Å². The van der Waals surface area contributed by atoms with Crippen molar-refractivity contribution in [1.82, 2.24) is 15.3 Å². The van der Waals surface area contributed by atoms with Gasteiger partial charge < -0.3 is 5.32 Å². The van der Waals surface area contributed by atoms with Gasteiger partial charge >= 0.3 is 0 Å².